The molecule has 0 bridgehead atoms. The molecule has 1 amide bonds. The smallest absolute Gasteiger partial charge is 0.272 e. The molecule has 0 aliphatic carbocycles. The number of benzene rings is 1. The largest absolute Gasteiger partial charge is 0.385 e. The Morgan fingerprint density at radius 2 is 2.07 bits per heavy atom. The van der Waals surface area contributed by atoms with Crippen LogP contribution >= 0.6 is 24.0 Å². The molecule has 0 fully saturated rings. The zero-order chi connectivity index (χ0) is 18.5. The number of carbonyl (C=O) groups excluding carboxylic acids is 1. The van der Waals surface area contributed by atoms with Crippen molar-refractivity contribution in [3.8, 4) is 0 Å². The molecular formula is C19H22Cl2N4O2. The number of amides is 1. The number of hydrogen-bond acceptors (Lipinski definition) is 4. The molecular weight excluding hydrogens is 387 g/mol. The maximum atomic E-state index is 12.6. The molecule has 3 rings (SSSR count). The summed E-state index contributed by atoms with van der Waals surface area (Å²) in [6.07, 6.45) is 2.54. The topological polar surface area (TPSA) is 68.2 Å². The molecule has 3 aromatic rings. The fourth-order valence-electron chi connectivity index (χ4n) is 2.74. The molecule has 144 valence electrons. The van der Waals surface area contributed by atoms with Gasteiger partial charge in [-0.1, -0.05) is 11.6 Å². The maximum Gasteiger partial charge on any atom is 0.272 e. The summed E-state index contributed by atoms with van der Waals surface area (Å²) >= 11 is 6.03. The summed E-state index contributed by atoms with van der Waals surface area (Å²) in [6.45, 7) is 1.49. The second-order valence-corrected chi connectivity index (χ2v) is 6.39. The molecule has 2 aromatic heterocycles. The van der Waals surface area contributed by atoms with E-state index in [9.17, 15) is 4.79 Å². The van der Waals surface area contributed by atoms with Crippen molar-refractivity contribution >= 4 is 52.3 Å². The van der Waals surface area contributed by atoms with Gasteiger partial charge in [0, 0.05) is 43.2 Å². The van der Waals surface area contributed by atoms with E-state index in [2.05, 4.69) is 15.6 Å². The quantitative estimate of drug-likeness (QED) is 0.570. The second kappa shape index (κ2) is 9.60. The van der Waals surface area contributed by atoms with Gasteiger partial charge in [0.05, 0.1) is 11.9 Å². The third kappa shape index (κ3) is 5.13. The molecule has 0 unspecified atom stereocenters. The fraction of sp³-hybridized carbons (Fsp3) is 0.263. The predicted octanol–water partition coefficient (Wildman–Crippen LogP) is 4.35. The third-order valence-corrected chi connectivity index (χ3v) is 4.32. The summed E-state index contributed by atoms with van der Waals surface area (Å²) < 4.78 is 6.85. The molecule has 8 heteroatoms. The lowest BCUT2D eigenvalue weighted by Gasteiger charge is -2.08. The van der Waals surface area contributed by atoms with E-state index in [0.29, 0.717) is 23.0 Å². The zero-order valence-electron chi connectivity index (χ0n) is 15.2. The number of rotatable bonds is 7. The second-order valence-electron chi connectivity index (χ2n) is 5.95. The van der Waals surface area contributed by atoms with Crippen molar-refractivity contribution in [1.29, 1.82) is 0 Å². The lowest BCUT2D eigenvalue weighted by Crippen LogP contribution is -2.15. The lowest BCUT2D eigenvalue weighted by atomic mass is 10.2. The Kier molecular flexibility index (Phi) is 7.47. The van der Waals surface area contributed by atoms with E-state index in [-0.39, 0.29) is 18.3 Å². The van der Waals surface area contributed by atoms with Gasteiger partial charge in [0.25, 0.3) is 5.91 Å². The van der Waals surface area contributed by atoms with Crippen molar-refractivity contribution in [3.05, 3.63) is 53.3 Å². The molecule has 0 radical (unpaired) electrons. The van der Waals surface area contributed by atoms with Crippen LogP contribution in [0.2, 0.25) is 5.02 Å². The van der Waals surface area contributed by atoms with Crippen LogP contribution in [0.1, 0.15) is 16.9 Å². The van der Waals surface area contributed by atoms with E-state index in [1.54, 1.807) is 13.3 Å². The van der Waals surface area contributed by atoms with Crippen LogP contribution in [0, 0.1) is 0 Å². The Morgan fingerprint density at radius 1 is 1.26 bits per heavy atom. The number of hydrogen-bond donors (Lipinski definition) is 2. The van der Waals surface area contributed by atoms with E-state index in [0.717, 1.165) is 29.7 Å². The van der Waals surface area contributed by atoms with E-state index in [1.807, 2.05) is 48.0 Å². The number of carbonyl (C=O) groups is 1. The number of nitrogens with one attached hydrogen (secondary N) is 2. The minimum atomic E-state index is -0.192. The first kappa shape index (κ1) is 21.0. The Balaban J connectivity index is 0.00000261. The average molecular weight is 409 g/mol. The molecule has 2 N–H and O–H groups in total. The number of aromatic nitrogens is 2. The molecule has 0 aliphatic heterocycles. The van der Waals surface area contributed by atoms with Gasteiger partial charge in [0.2, 0.25) is 0 Å². The summed E-state index contributed by atoms with van der Waals surface area (Å²) in [4.78, 5) is 16.9. The van der Waals surface area contributed by atoms with Crippen molar-refractivity contribution in [1.82, 2.24) is 9.55 Å². The van der Waals surface area contributed by atoms with Crippen LogP contribution in [0.3, 0.4) is 0 Å². The summed E-state index contributed by atoms with van der Waals surface area (Å²) in [5.41, 5.74) is 2.15. The number of methoxy groups -OCH3 is 1. The van der Waals surface area contributed by atoms with Crippen molar-refractivity contribution in [3.63, 3.8) is 0 Å². The van der Waals surface area contributed by atoms with Gasteiger partial charge in [-0.25, -0.2) is 4.98 Å². The van der Waals surface area contributed by atoms with Gasteiger partial charge >= 0.3 is 0 Å². The molecule has 0 spiro atoms. The van der Waals surface area contributed by atoms with E-state index in [4.69, 9.17) is 16.3 Å². The van der Waals surface area contributed by atoms with Crippen LogP contribution in [0.25, 0.3) is 10.9 Å². The van der Waals surface area contributed by atoms with E-state index < -0.39 is 0 Å². The summed E-state index contributed by atoms with van der Waals surface area (Å²) in [5, 5.41) is 7.65. The van der Waals surface area contributed by atoms with Gasteiger partial charge in [0.1, 0.15) is 11.5 Å². The average Bonchev–Trinajstić information content (AvgIpc) is 2.96. The zero-order valence-corrected chi connectivity index (χ0v) is 16.7. The van der Waals surface area contributed by atoms with Crippen LogP contribution in [0.4, 0.5) is 11.5 Å². The van der Waals surface area contributed by atoms with Crippen LogP contribution in [0.5, 0.6) is 0 Å². The number of ether oxygens (including phenoxy) is 1. The Bertz CT molecular complexity index is 910. The predicted molar refractivity (Wildman–Crippen MR) is 112 cm³/mol. The molecule has 0 saturated heterocycles. The molecule has 1 aromatic carbocycles. The van der Waals surface area contributed by atoms with Crippen molar-refractivity contribution in [2.45, 2.75) is 6.42 Å². The first-order valence-corrected chi connectivity index (χ1v) is 8.71. The summed E-state index contributed by atoms with van der Waals surface area (Å²) in [5.74, 6) is 0.570. The minimum absolute atomic E-state index is 0. The number of anilines is 2. The summed E-state index contributed by atoms with van der Waals surface area (Å²) in [7, 11) is 3.54. The molecule has 6 nitrogen and oxygen atoms in total. The van der Waals surface area contributed by atoms with Gasteiger partial charge in [0.15, 0.2) is 0 Å². The number of aryl methyl sites for hydroxylation is 1. The molecule has 0 atom stereocenters. The van der Waals surface area contributed by atoms with Gasteiger partial charge in [-0.3, -0.25) is 4.79 Å². The Labute approximate surface area is 169 Å². The highest BCUT2D eigenvalue weighted by atomic mass is 35.5. The maximum absolute atomic E-state index is 12.6. The van der Waals surface area contributed by atoms with Gasteiger partial charge in [-0.05, 0) is 42.8 Å². The lowest BCUT2D eigenvalue weighted by molar-refractivity contribution is 0.101. The van der Waals surface area contributed by atoms with Crippen LogP contribution < -0.4 is 10.6 Å². The SMILES string of the molecule is COCCCNc1ccc(NC(=O)c2cc3cc(Cl)ccc3n2C)cn1.Cl. The van der Waals surface area contributed by atoms with Crippen LogP contribution in [-0.2, 0) is 11.8 Å². The molecule has 2 heterocycles. The Hall–Kier alpha value is -2.28. The number of pyridine rings is 1. The minimum Gasteiger partial charge on any atom is -0.385 e. The molecule has 0 saturated carbocycles. The van der Waals surface area contributed by atoms with Crippen molar-refractivity contribution in [2.75, 3.05) is 30.9 Å². The van der Waals surface area contributed by atoms with Gasteiger partial charge < -0.3 is 19.9 Å². The highest BCUT2D eigenvalue weighted by molar-refractivity contribution is 6.31. The summed E-state index contributed by atoms with van der Waals surface area (Å²) in [6, 6.07) is 11.1. The molecule has 0 aliphatic rings. The van der Waals surface area contributed by atoms with Crippen molar-refractivity contribution in [2.24, 2.45) is 7.05 Å². The highest BCUT2D eigenvalue weighted by Crippen LogP contribution is 2.23. The van der Waals surface area contributed by atoms with Gasteiger partial charge in [-0.2, -0.15) is 0 Å². The van der Waals surface area contributed by atoms with E-state index >= 15 is 0 Å². The van der Waals surface area contributed by atoms with E-state index in [1.165, 1.54) is 0 Å². The Morgan fingerprint density at radius 3 is 2.78 bits per heavy atom. The van der Waals surface area contributed by atoms with Crippen LogP contribution in [-0.4, -0.2) is 35.7 Å². The van der Waals surface area contributed by atoms with Crippen LogP contribution in [0.15, 0.2) is 42.6 Å². The van der Waals surface area contributed by atoms with Crippen molar-refractivity contribution < 1.29 is 9.53 Å². The monoisotopic (exact) mass is 408 g/mol. The fourth-order valence-corrected chi connectivity index (χ4v) is 2.92. The van der Waals surface area contributed by atoms with Gasteiger partial charge in [-0.15, -0.1) is 12.4 Å². The number of nitrogens with zero attached hydrogens (tertiary/aromatic N) is 2. The number of halogens is 2. The third-order valence-electron chi connectivity index (χ3n) is 4.09. The normalized spacial score (nSPS) is 10.5. The standard InChI is InChI=1S/C19H21ClN4O2.ClH/c1-24-16-6-4-14(20)10-13(16)11-17(24)19(25)23-15-5-7-18(22-12-15)21-8-3-9-26-2;/h4-7,10-12H,3,8-9H2,1-2H3,(H,21,22)(H,23,25);1H. The first-order chi connectivity index (χ1) is 12.6. The highest BCUT2D eigenvalue weighted by Gasteiger charge is 2.14. The first-order valence-electron chi connectivity index (χ1n) is 8.33. The number of fused-ring (bicyclic) bond motifs is 1. The molecule has 27 heavy (non-hydrogen) atoms.